The van der Waals surface area contributed by atoms with Crippen LogP contribution in [0.2, 0.25) is 0 Å². The van der Waals surface area contributed by atoms with Crippen LogP contribution in [0.5, 0.6) is 0 Å². The van der Waals surface area contributed by atoms with Crippen LogP contribution >= 0.6 is 0 Å². The Kier molecular flexibility index (Phi) is 3.85. The van der Waals surface area contributed by atoms with E-state index in [0.29, 0.717) is 11.8 Å². The molecule has 0 amide bonds. The minimum atomic E-state index is -0.273. The van der Waals surface area contributed by atoms with Crippen molar-refractivity contribution in [3.63, 3.8) is 0 Å². The van der Waals surface area contributed by atoms with Gasteiger partial charge in [-0.1, -0.05) is 38.5 Å². The van der Waals surface area contributed by atoms with E-state index >= 15 is 0 Å². The average molecular weight is 304 g/mol. The molecule has 3 aliphatic carbocycles. The molecule has 0 unspecified atom stereocenters. The second-order valence-corrected chi connectivity index (χ2v) is 9.07. The molecule has 0 spiro atoms. The highest BCUT2D eigenvalue weighted by molar-refractivity contribution is 5.25. The second kappa shape index (κ2) is 5.21. The van der Waals surface area contributed by atoms with E-state index in [1.54, 1.807) is 5.57 Å². The molecule has 2 fully saturated rings. The van der Waals surface area contributed by atoms with Crippen LogP contribution in [0, 0.1) is 28.1 Å². The van der Waals surface area contributed by atoms with E-state index in [-0.39, 0.29) is 29.0 Å². The third kappa shape index (κ3) is 2.30. The first-order valence-corrected chi connectivity index (χ1v) is 8.88. The Labute approximate surface area is 135 Å². The lowest BCUT2D eigenvalue weighted by Crippen LogP contribution is -2.55. The number of aliphatic hydroxyl groups is 2. The van der Waals surface area contributed by atoms with Crippen LogP contribution in [0.15, 0.2) is 24.3 Å². The normalized spacial score (nSPS) is 51.5. The number of hydrogen-bond donors (Lipinski definition) is 2. The standard InChI is InChI=1S/C20H32O2/c1-5-18(2)9-8-16-14(10-18)6-7-17-19(3,13-21)11-15(22)12-20(16,17)4/h5-6,15-17,21-22H,1,7-13H2,2-4H3/t15-,16+,17+,18+,19-,20-/m1/s1. The van der Waals surface area contributed by atoms with Crippen molar-refractivity contribution in [2.45, 2.75) is 65.4 Å². The van der Waals surface area contributed by atoms with E-state index in [0.717, 1.165) is 25.7 Å². The summed E-state index contributed by atoms with van der Waals surface area (Å²) in [5.41, 5.74) is 1.80. The first-order valence-electron chi connectivity index (χ1n) is 8.88. The Hall–Kier alpha value is -0.600. The number of rotatable bonds is 2. The van der Waals surface area contributed by atoms with Crippen molar-refractivity contribution >= 4 is 0 Å². The Balaban J connectivity index is 1.97. The summed E-state index contributed by atoms with van der Waals surface area (Å²) in [5, 5.41) is 20.5. The van der Waals surface area contributed by atoms with Crippen LogP contribution in [0.3, 0.4) is 0 Å². The van der Waals surface area contributed by atoms with Gasteiger partial charge in [0.15, 0.2) is 0 Å². The Morgan fingerprint density at radius 3 is 2.68 bits per heavy atom. The predicted octanol–water partition coefficient (Wildman–Crippen LogP) is 4.08. The lowest BCUT2D eigenvalue weighted by molar-refractivity contribution is -0.125. The first kappa shape index (κ1) is 16.3. The minimum Gasteiger partial charge on any atom is -0.396 e. The topological polar surface area (TPSA) is 40.5 Å². The van der Waals surface area contributed by atoms with Crippen LogP contribution in [-0.4, -0.2) is 22.9 Å². The Morgan fingerprint density at radius 2 is 2.05 bits per heavy atom. The van der Waals surface area contributed by atoms with Gasteiger partial charge in [0.05, 0.1) is 6.10 Å². The third-order valence-electron chi connectivity index (χ3n) is 7.34. The Morgan fingerprint density at radius 1 is 1.32 bits per heavy atom. The van der Waals surface area contributed by atoms with Crippen molar-refractivity contribution in [3.05, 3.63) is 24.3 Å². The summed E-state index contributed by atoms with van der Waals surface area (Å²) >= 11 is 0. The zero-order valence-corrected chi connectivity index (χ0v) is 14.4. The molecule has 3 aliphatic rings. The average Bonchev–Trinajstić information content (AvgIpc) is 2.45. The van der Waals surface area contributed by atoms with E-state index in [9.17, 15) is 10.2 Å². The van der Waals surface area contributed by atoms with Gasteiger partial charge in [0, 0.05) is 6.61 Å². The first-order chi connectivity index (χ1) is 10.3. The smallest absolute Gasteiger partial charge is 0.0552 e. The van der Waals surface area contributed by atoms with Gasteiger partial charge in [0.2, 0.25) is 0 Å². The van der Waals surface area contributed by atoms with Crippen LogP contribution < -0.4 is 0 Å². The van der Waals surface area contributed by atoms with E-state index in [1.165, 1.54) is 12.8 Å². The molecular weight excluding hydrogens is 272 g/mol. The summed E-state index contributed by atoms with van der Waals surface area (Å²) in [5.74, 6) is 1.05. The molecular formula is C20H32O2. The fourth-order valence-corrected chi connectivity index (χ4v) is 6.06. The molecule has 124 valence electrons. The van der Waals surface area contributed by atoms with Gasteiger partial charge in [0.1, 0.15) is 0 Å². The molecule has 2 heteroatoms. The molecule has 2 N–H and O–H groups in total. The van der Waals surface area contributed by atoms with Crippen molar-refractivity contribution in [1.29, 1.82) is 0 Å². The van der Waals surface area contributed by atoms with E-state index in [4.69, 9.17) is 0 Å². The van der Waals surface area contributed by atoms with Crippen molar-refractivity contribution in [3.8, 4) is 0 Å². The molecule has 3 rings (SSSR count). The van der Waals surface area contributed by atoms with E-state index in [1.807, 2.05) is 0 Å². The quantitative estimate of drug-likeness (QED) is 0.755. The summed E-state index contributed by atoms with van der Waals surface area (Å²) in [6, 6.07) is 0. The summed E-state index contributed by atoms with van der Waals surface area (Å²) in [7, 11) is 0. The van der Waals surface area contributed by atoms with Crippen LogP contribution in [0.4, 0.5) is 0 Å². The van der Waals surface area contributed by atoms with E-state index < -0.39 is 0 Å². The molecule has 2 saturated carbocycles. The number of hydrogen-bond acceptors (Lipinski definition) is 2. The van der Waals surface area contributed by atoms with Gasteiger partial charge in [-0.2, -0.15) is 0 Å². The molecule has 0 aromatic carbocycles. The van der Waals surface area contributed by atoms with Crippen molar-refractivity contribution in [2.75, 3.05) is 6.61 Å². The largest absolute Gasteiger partial charge is 0.396 e. The zero-order chi connectivity index (χ0) is 16.2. The van der Waals surface area contributed by atoms with Crippen molar-refractivity contribution < 1.29 is 10.2 Å². The van der Waals surface area contributed by atoms with Crippen molar-refractivity contribution in [2.24, 2.45) is 28.1 Å². The van der Waals surface area contributed by atoms with Gasteiger partial charge in [0.25, 0.3) is 0 Å². The van der Waals surface area contributed by atoms with Crippen LogP contribution in [0.1, 0.15) is 59.3 Å². The third-order valence-corrected chi connectivity index (χ3v) is 7.34. The molecule has 0 aromatic heterocycles. The summed E-state index contributed by atoms with van der Waals surface area (Å²) in [6.45, 7) is 11.1. The molecule has 0 saturated heterocycles. The SMILES string of the molecule is C=C[C@@]1(C)CC[C@H]2C(=CC[C@H]3[C@@](C)(CO)C[C@@H](O)C[C@]23C)C1. The van der Waals surface area contributed by atoms with Gasteiger partial charge in [-0.25, -0.2) is 0 Å². The lowest BCUT2D eigenvalue weighted by atomic mass is 9.45. The maximum absolute atomic E-state index is 10.5. The van der Waals surface area contributed by atoms with Gasteiger partial charge in [-0.3, -0.25) is 0 Å². The van der Waals surface area contributed by atoms with Gasteiger partial charge >= 0.3 is 0 Å². The van der Waals surface area contributed by atoms with Crippen molar-refractivity contribution in [1.82, 2.24) is 0 Å². The summed E-state index contributed by atoms with van der Waals surface area (Å²) in [6.07, 6.45) is 10.5. The lowest BCUT2D eigenvalue weighted by Gasteiger charge is -2.60. The predicted molar refractivity (Wildman–Crippen MR) is 90.4 cm³/mol. The molecule has 22 heavy (non-hydrogen) atoms. The number of aliphatic hydroxyl groups excluding tert-OH is 2. The van der Waals surface area contributed by atoms with Crippen LogP contribution in [-0.2, 0) is 0 Å². The Bertz CT molecular complexity index is 496. The van der Waals surface area contributed by atoms with E-state index in [2.05, 4.69) is 39.5 Å². The number of fused-ring (bicyclic) bond motifs is 3. The maximum atomic E-state index is 10.5. The van der Waals surface area contributed by atoms with Gasteiger partial charge < -0.3 is 10.2 Å². The molecule has 0 heterocycles. The highest BCUT2D eigenvalue weighted by atomic mass is 16.3. The van der Waals surface area contributed by atoms with Crippen LogP contribution in [0.25, 0.3) is 0 Å². The molecule has 0 radical (unpaired) electrons. The highest BCUT2D eigenvalue weighted by Crippen LogP contribution is 2.63. The van der Waals surface area contributed by atoms with Gasteiger partial charge in [-0.05, 0) is 66.6 Å². The summed E-state index contributed by atoms with van der Waals surface area (Å²) in [4.78, 5) is 0. The molecule has 0 aliphatic heterocycles. The maximum Gasteiger partial charge on any atom is 0.0552 e. The molecule has 2 nitrogen and oxygen atoms in total. The molecule has 0 aromatic rings. The fraction of sp³-hybridized carbons (Fsp3) is 0.800. The zero-order valence-electron chi connectivity index (χ0n) is 14.4. The molecule has 6 atom stereocenters. The number of allylic oxidation sites excluding steroid dienone is 3. The second-order valence-electron chi connectivity index (χ2n) is 9.07. The molecule has 0 bridgehead atoms. The minimum absolute atomic E-state index is 0.127. The highest BCUT2D eigenvalue weighted by Gasteiger charge is 2.57. The van der Waals surface area contributed by atoms with Gasteiger partial charge in [-0.15, -0.1) is 6.58 Å². The fourth-order valence-electron chi connectivity index (χ4n) is 6.06. The summed E-state index contributed by atoms with van der Waals surface area (Å²) < 4.78 is 0. The monoisotopic (exact) mass is 304 g/mol.